The van der Waals surface area contributed by atoms with E-state index in [9.17, 15) is 9.59 Å². The summed E-state index contributed by atoms with van der Waals surface area (Å²) in [6.07, 6.45) is 4.66. The molecule has 2 N–H and O–H groups in total. The van der Waals surface area contributed by atoms with Gasteiger partial charge in [0.05, 0.1) is 0 Å². The first kappa shape index (κ1) is 12.2. The van der Waals surface area contributed by atoms with Gasteiger partial charge in [0.1, 0.15) is 6.04 Å². The van der Waals surface area contributed by atoms with Crippen molar-refractivity contribution in [2.75, 3.05) is 6.54 Å². The van der Waals surface area contributed by atoms with Crippen LogP contribution in [0.2, 0.25) is 0 Å². The van der Waals surface area contributed by atoms with E-state index >= 15 is 0 Å². The summed E-state index contributed by atoms with van der Waals surface area (Å²) in [7, 11) is 0. The first-order valence-electron chi connectivity index (χ1n) is 6.39. The molecule has 3 unspecified atom stereocenters. The fraction of sp³-hybridized carbons (Fsp3) is 0.833. The number of nitrogens with zero attached hydrogens (tertiary/aromatic N) is 1. The summed E-state index contributed by atoms with van der Waals surface area (Å²) < 4.78 is 0. The van der Waals surface area contributed by atoms with Gasteiger partial charge in [-0.25, -0.2) is 9.59 Å². The molecule has 3 atom stereocenters. The van der Waals surface area contributed by atoms with Crippen molar-refractivity contribution in [1.29, 1.82) is 0 Å². The average Bonchev–Trinajstić information content (AvgIpc) is 2.87. The number of carboxylic acid groups (broad SMARTS) is 1. The van der Waals surface area contributed by atoms with Crippen molar-refractivity contribution < 1.29 is 14.7 Å². The van der Waals surface area contributed by atoms with Gasteiger partial charge in [-0.15, -0.1) is 0 Å². The minimum Gasteiger partial charge on any atom is -0.480 e. The smallest absolute Gasteiger partial charge is 0.326 e. The van der Waals surface area contributed by atoms with E-state index in [0.29, 0.717) is 18.9 Å². The number of hydrogen-bond donors (Lipinski definition) is 2. The van der Waals surface area contributed by atoms with Crippen molar-refractivity contribution in [2.24, 2.45) is 5.92 Å². The van der Waals surface area contributed by atoms with Crippen LogP contribution >= 0.6 is 0 Å². The summed E-state index contributed by atoms with van der Waals surface area (Å²) in [6, 6.07) is -0.613. The van der Waals surface area contributed by atoms with Gasteiger partial charge in [0.15, 0.2) is 0 Å². The lowest BCUT2D eigenvalue weighted by atomic mass is 10.1. The average molecular weight is 240 g/mol. The number of carbonyl (C=O) groups is 2. The van der Waals surface area contributed by atoms with E-state index in [1.807, 2.05) is 0 Å². The number of carbonyl (C=O) groups excluding carboxylic acids is 1. The Bertz CT molecular complexity index is 319. The molecule has 1 saturated heterocycles. The second kappa shape index (κ2) is 4.94. The van der Waals surface area contributed by atoms with Gasteiger partial charge in [0.2, 0.25) is 0 Å². The molecule has 0 bridgehead atoms. The molecule has 2 fully saturated rings. The quantitative estimate of drug-likeness (QED) is 0.767. The maximum Gasteiger partial charge on any atom is 0.326 e. The molecular weight excluding hydrogens is 220 g/mol. The van der Waals surface area contributed by atoms with Gasteiger partial charge in [-0.2, -0.15) is 0 Å². The fourth-order valence-electron chi connectivity index (χ4n) is 2.87. The molecule has 0 spiro atoms. The Hall–Kier alpha value is -1.26. The van der Waals surface area contributed by atoms with Gasteiger partial charge in [0.25, 0.3) is 0 Å². The summed E-state index contributed by atoms with van der Waals surface area (Å²) >= 11 is 0. The molecule has 0 aromatic carbocycles. The van der Waals surface area contributed by atoms with Crippen LogP contribution in [0.4, 0.5) is 4.79 Å². The van der Waals surface area contributed by atoms with Crippen LogP contribution in [0.25, 0.3) is 0 Å². The van der Waals surface area contributed by atoms with Gasteiger partial charge >= 0.3 is 12.0 Å². The molecule has 5 nitrogen and oxygen atoms in total. The van der Waals surface area contributed by atoms with Crippen LogP contribution in [-0.2, 0) is 4.79 Å². The number of nitrogens with one attached hydrogen (secondary N) is 1. The van der Waals surface area contributed by atoms with E-state index in [-0.39, 0.29) is 12.1 Å². The molecule has 0 radical (unpaired) electrons. The fourth-order valence-corrected chi connectivity index (χ4v) is 2.87. The number of aliphatic carboxylic acids is 1. The van der Waals surface area contributed by atoms with E-state index < -0.39 is 12.0 Å². The second-order valence-corrected chi connectivity index (χ2v) is 5.15. The second-order valence-electron chi connectivity index (χ2n) is 5.15. The zero-order valence-electron chi connectivity index (χ0n) is 10.2. The topological polar surface area (TPSA) is 69.6 Å². The summed E-state index contributed by atoms with van der Waals surface area (Å²) in [6.45, 7) is 2.69. The highest BCUT2D eigenvalue weighted by molar-refractivity contribution is 5.83. The zero-order chi connectivity index (χ0) is 12.4. The van der Waals surface area contributed by atoms with Crippen molar-refractivity contribution in [1.82, 2.24) is 10.2 Å². The van der Waals surface area contributed by atoms with E-state index in [4.69, 9.17) is 5.11 Å². The normalized spacial score (nSPS) is 32.8. The zero-order valence-corrected chi connectivity index (χ0v) is 10.2. The highest BCUT2D eigenvalue weighted by atomic mass is 16.4. The van der Waals surface area contributed by atoms with E-state index in [2.05, 4.69) is 12.2 Å². The standard InChI is InChI=1S/C12H20N2O3/c1-8-4-2-5-9(8)13-12(17)14-7-3-6-10(14)11(15)16/h8-10H,2-7H2,1H3,(H,13,17)(H,15,16). The van der Waals surface area contributed by atoms with Gasteiger partial charge < -0.3 is 15.3 Å². The first-order valence-corrected chi connectivity index (χ1v) is 6.39. The predicted molar refractivity (Wildman–Crippen MR) is 62.7 cm³/mol. The Morgan fingerprint density at radius 2 is 2.00 bits per heavy atom. The van der Waals surface area contributed by atoms with Crippen molar-refractivity contribution in [3.8, 4) is 0 Å². The lowest BCUT2D eigenvalue weighted by Crippen LogP contribution is -2.49. The van der Waals surface area contributed by atoms with E-state index in [1.54, 1.807) is 0 Å². The maximum absolute atomic E-state index is 12.0. The Kier molecular flexibility index (Phi) is 3.54. The van der Waals surface area contributed by atoms with Crippen molar-refractivity contribution in [2.45, 2.75) is 51.1 Å². The molecule has 0 aromatic rings. The summed E-state index contributed by atoms with van der Waals surface area (Å²) in [5.41, 5.74) is 0. The molecule has 2 amide bonds. The van der Waals surface area contributed by atoms with Crippen LogP contribution in [0.5, 0.6) is 0 Å². The molecule has 2 aliphatic rings. The third-order valence-corrected chi connectivity index (χ3v) is 3.97. The number of urea groups is 1. The van der Waals surface area contributed by atoms with Crippen LogP contribution in [-0.4, -0.2) is 40.6 Å². The monoisotopic (exact) mass is 240 g/mol. The van der Waals surface area contributed by atoms with Gasteiger partial charge in [0, 0.05) is 12.6 Å². The van der Waals surface area contributed by atoms with Crippen LogP contribution in [0.15, 0.2) is 0 Å². The lowest BCUT2D eigenvalue weighted by Gasteiger charge is -2.25. The van der Waals surface area contributed by atoms with E-state index in [0.717, 1.165) is 25.7 Å². The number of rotatable bonds is 2. The summed E-state index contributed by atoms with van der Waals surface area (Å²) in [5.74, 6) is -0.387. The van der Waals surface area contributed by atoms with Crippen LogP contribution < -0.4 is 5.32 Å². The van der Waals surface area contributed by atoms with E-state index in [1.165, 1.54) is 4.90 Å². The minimum atomic E-state index is -0.892. The summed E-state index contributed by atoms with van der Waals surface area (Å²) in [4.78, 5) is 24.5. The molecular formula is C12H20N2O3. The van der Waals surface area contributed by atoms with Crippen molar-refractivity contribution >= 4 is 12.0 Å². The first-order chi connectivity index (χ1) is 8.09. The Morgan fingerprint density at radius 1 is 1.24 bits per heavy atom. The summed E-state index contributed by atoms with van der Waals surface area (Å²) in [5, 5.41) is 12.0. The van der Waals surface area contributed by atoms with Gasteiger partial charge in [-0.1, -0.05) is 13.3 Å². The minimum absolute atomic E-state index is 0.200. The largest absolute Gasteiger partial charge is 0.480 e. The number of hydrogen-bond acceptors (Lipinski definition) is 2. The molecule has 1 aliphatic heterocycles. The molecule has 17 heavy (non-hydrogen) atoms. The van der Waals surface area contributed by atoms with Crippen LogP contribution in [0, 0.1) is 5.92 Å². The molecule has 0 aromatic heterocycles. The molecule has 1 aliphatic carbocycles. The highest BCUT2D eigenvalue weighted by Crippen LogP contribution is 2.25. The Balaban J connectivity index is 1.93. The predicted octanol–water partition coefficient (Wildman–Crippen LogP) is 1.43. The third-order valence-electron chi connectivity index (χ3n) is 3.97. The molecule has 96 valence electrons. The SMILES string of the molecule is CC1CCCC1NC(=O)N1CCCC1C(=O)O. The molecule has 5 heteroatoms. The molecule has 1 saturated carbocycles. The number of amides is 2. The van der Waals surface area contributed by atoms with Gasteiger partial charge in [-0.3, -0.25) is 0 Å². The van der Waals surface area contributed by atoms with Gasteiger partial charge in [-0.05, 0) is 31.6 Å². The Morgan fingerprint density at radius 3 is 2.59 bits per heavy atom. The third kappa shape index (κ3) is 2.53. The number of carboxylic acids is 1. The van der Waals surface area contributed by atoms with Crippen molar-refractivity contribution in [3.63, 3.8) is 0 Å². The van der Waals surface area contributed by atoms with Crippen LogP contribution in [0.3, 0.4) is 0 Å². The lowest BCUT2D eigenvalue weighted by molar-refractivity contribution is -0.141. The van der Waals surface area contributed by atoms with Crippen molar-refractivity contribution in [3.05, 3.63) is 0 Å². The Labute approximate surface area is 101 Å². The van der Waals surface area contributed by atoms with Crippen LogP contribution in [0.1, 0.15) is 39.0 Å². The highest BCUT2D eigenvalue weighted by Gasteiger charge is 2.35. The maximum atomic E-state index is 12.0. The number of likely N-dealkylation sites (tertiary alicyclic amines) is 1. The molecule has 1 heterocycles. The molecule has 2 rings (SSSR count).